The van der Waals surface area contributed by atoms with Crippen LogP contribution in [0, 0.1) is 0 Å². The third-order valence-corrected chi connectivity index (χ3v) is 9.43. The van der Waals surface area contributed by atoms with E-state index >= 15 is 26.3 Å². The molecule has 2 aliphatic heterocycles. The monoisotopic (exact) mass is 726 g/mol. The fourth-order valence-electron chi connectivity index (χ4n) is 7.10. The van der Waals surface area contributed by atoms with Gasteiger partial charge in [0.25, 0.3) is 0 Å². The smallest absolute Gasteiger partial charge is 0.243 e. The highest BCUT2D eigenvalue weighted by atomic mass is 19.4. The Labute approximate surface area is 306 Å². The maximum atomic E-state index is 15.3. The zero-order valence-corrected chi connectivity index (χ0v) is 28.2. The predicted octanol–water partition coefficient (Wildman–Crippen LogP) is 10.7. The van der Waals surface area contributed by atoms with Gasteiger partial charge in [-0.15, -0.1) is 0 Å². The van der Waals surface area contributed by atoms with Crippen LogP contribution in [0.4, 0.5) is 26.3 Å². The summed E-state index contributed by atoms with van der Waals surface area (Å²) < 4.78 is 92.0. The Hall–Kier alpha value is -6.42. The van der Waals surface area contributed by atoms with Gasteiger partial charge in [0, 0.05) is 33.4 Å². The first-order chi connectivity index (χ1) is 26.0. The van der Waals surface area contributed by atoms with Gasteiger partial charge in [0.15, 0.2) is 0 Å². The molecule has 10 heteroatoms. The van der Waals surface area contributed by atoms with Crippen molar-refractivity contribution in [3.63, 3.8) is 0 Å². The summed E-state index contributed by atoms with van der Waals surface area (Å²) >= 11 is 0. The van der Waals surface area contributed by atoms with E-state index in [1.54, 1.807) is 121 Å². The maximum absolute atomic E-state index is 15.3. The normalized spacial score (nSPS) is 16.3. The number of nitrogens with zero attached hydrogens (tertiary/aromatic N) is 4. The summed E-state index contributed by atoms with van der Waals surface area (Å²) in [5.41, 5.74) is -5.81. The number of rotatable bonds is 7. The van der Waals surface area contributed by atoms with Crippen molar-refractivity contribution in [3.05, 3.63) is 214 Å². The van der Waals surface area contributed by atoms with E-state index in [0.717, 1.165) is 12.1 Å². The van der Waals surface area contributed by atoms with Crippen LogP contribution < -0.4 is 0 Å². The Morgan fingerprint density at radius 2 is 0.519 bits per heavy atom. The minimum absolute atomic E-state index is 0.169. The average molecular weight is 727 g/mol. The molecule has 2 heterocycles. The second-order valence-corrected chi connectivity index (χ2v) is 12.7. The van der Waals surface area contributed by atoms with Gasteiger partial charge in [0.05, 0.1) is 34.0 Å². The van der Waals surface area contributed by atoms with Crippen molar-refractivity contribution in [2.75, 3.05) is 0 Å². The van der Waals surface area contributed by atoms with E-state index in [1.807, 2.05) is 0 Å². The Kier molecular flexibility index (Phi) is 8.48. The van der Waals surface area contributed by atoms with E-state index in [0.29, 0.717) is 22.3 Å². The van der Waals surface area contributed by atoms with Crippen LogP contribution >= 0.6 is 0 Å². The summed E-state index contributed by atoms with van der Waals surface area (Å²) in [6.07, 6.45) is -9.95. The standard InChI is InChI=1S/C44H28F6N4/c45-43(46,47)35-27-15-13-25-33(35)41(51-37(29-17-5-1-6-18-29)38(52-41)30-19-7-2-8-20-30)42(34-26-14-16-28-36(34)44(48,49)50)53-39(31-21-9-3-10-22-31)40(54-42)32-23-11-4-12-24-32/h1-28H. The summed E-state index contributed by atoms with van der Waals surface area (Å²) in [7, 11) is 0. The van der Waals surface area contributed by atoms with Crippen molar-refractivity contribution in [2.45, 2.75) is 23.7 Å². The van der Waals surface area contributed by atoms with Crippen LogP contribution in [0.2, 0.25) is 0 Å². The first kappa shape index (κ1) is 34.7. The van der Waals surface area contributed by atoms with Crippen LogP contribution in [0.3, 0.4) is 0 Å². The minimum atomic E-state index is -4.97. The summed E-state index contributed by atoms with van der Waals surface area (Å²) in [4.78, 5) is 20.5. The first-order valence-electron chi connectivity index (χ1n) is 17.0. The molecule has 0 spiro atoms. The largest absolute Gasteiger partial charge is 0.416 e. The molecule has 0 atom stereocenters. The van der Waals surface area contributed by atoms with E-state index < -0.39 is 45.9 Å². The Bertz CT molecular complexity index is 2170. The van der Waals surface area contributed by atoms with Crippen molar-refractivity contribution in [1.29, 1.82) is 0 Å². The molecular formula is C44H28F6N4. The molecule has 2 aliphatic rings. The van der Waals surface area contributed by atoms with Crippen molar-refractivity contribution in [2.24, 2.45) is 20.0 Å². The molecule has 4 nitrogen and oxygen atoms in total. The molecule has 0 bridgehead atoms. The maximum Gasteiger partial charge on any atom is 0.416 e. The lowest BCUT2D eigenvalue weighted by Crippen LogP contribution is -2.45. The quantitative estimate of drug-likeness (QED) is 0.147. The van der Waals surface area contributed by atoms with Crippen LogP contribution in [0.1, 0.15) is 44.5 Å². The van der Waals surface area contributed by atoms with Crippen molar-refractivity contribution in [3.8, 4) is 0 Å². The van der Waals surface area contributed by atoms with Crippen LogP contribution in [0.25, 0.3) is 0 Å². The first-order valence-corrected chi connectivity index (χ1v) is 17.0. The molecule has 0 amide bonds. The van der Waals surface area contributed by atoms with Crippen LogP contribution in [-0.4, -0.2) is 22.8 Å². The van der Waals surface area contributed by atoms with Gasteiger partial charge < -0.3 is 0 Å². The zero-order chi connectivity index (χ0) is 37.6. The van der Waals surface area contributed by atoms with Gasteiger partial charge in [0.2, 0.25) is 11.3 Å². The highest BCUT2D eigenvalue weighted by Crippen LogP contribution is 2.58. The molecular weight excluding hydrogens is 698 g/mol. The lowest BCUT2D eigenvalue weighted by atomic mass is 9.78. The number of alkyl halides is 6. The number of hydrogen-bond donors (Lipinski definition) is 0. The van der Waals surface area contributed by atoms with E-state index in [-0.39, 0.29) is 22.8 Å². The zero-order valence-electron chi connectivity index (χ0n) is 28.2. The summed E-state index contributed by atoms with van der Waals surface area (Å²) in [6, 6.07) is 44.3. The fourth-order valence-corrected chi connectivity index (χ4v) is 7.10. The van der Waals surface area contributed by atoms with Crippen LogP contribution in [0.5, 0.6) is 0 Å². The molecule has 0 radical (unpaired) electrons. The number of hydrogen-bond acceptors (Lipinski definition) is 4. The summed E-state index contributed by atoms with van der Waals surface area (Å²) in [5.74, 6) is 0. The van der Waals surface area contributed by atoms with Gasteiger partial charge >= 0.3 is 12.4 Å². The Morgan fingerprint density at radius 3 is 0.759 bits per heavy atom. The number of benzene rings is 6. The van der Waals surface area contributed by atoms with Crippen molar-refractivity contribution in [1.82, 2.24) is 0 Å². The molecule has 6 aromatic carbocycles. The molecule has 0 fully saturated rings. The fraction of sp³-hybridized carbons (Fsp3) is 0.0909. The lowest BCUT2D eigenvalue weighted by Gasteiger charge is -2.40. The molecule has 54 heavy (non-hydrogen) atoms. The average Bonchev–Trinajstić information content (AvgIpc) is 3.81. The van der Waals surface area contributed by atoms with E-state index in [4.69, 9.17) is 20.0 Å². The molecule has 0 unspecified atom stereocenters. The van der Waals surface area contributed by atoms with Gasteiger partial charge in [-0.25, -0.2) is 20.0 Å². The minimum Gasteiger partial charge on any atom is -0.243 e. The van der Waals surface area contributed by atoms with E-state index in [1.165, 1.54) is 36.4 Å². The van der Waals surface area contributed by atoms with Crippen molar-refractivity contribution < 1.29 is 26.3 Å². The third-order valence-electron chi connectivity index (χ3n) is 9.43. The number of halogens is 6. The van der Waals surface area contributed by atoms with Crippen molar-refractivity contribution >= 4 is 22.8 Å². The van der Waals surface area contributed by atoms with Crippen LogP contribution in [-0.2, 0) is 23.7 Å². The molecule has 0 aromatic heterocycles. The predicted molar refractivity (Wildman–Crippen MR) is 198 cm³/mol. The molecule has 0 saturated heterocycles. The number of aliphatic imine (C=N–C) groups is 4. The van der Waals surface area contributed by atoms with Gasteiger partial charge in [-0.3, -0.25) is 0 Å². The summed E-state index contributed by atoms with van der Waals surface area (Å²) in [6.45, 7) is 0. The highest BCUT2D eigenvalue weighted by molar-refractivity contribution is 6.55. The van der Waals surface area contributed by atoms with Gasteiger partial charge in [-0.2, -0.15) is 26.3 Å². The molecule has 8 rings (SSSR count). The van der Waals surface area contributed by atoms with E-state index in [2.05, 4.69) is 0 Å². The highest BCUT2D eigenvalue weighted by Gasteiger charge is 2.64. The van der Waals surface area contributed by atoms with E-state index in [9.17, 15) is 0 Å². The molecule has 0 N–H and O–H groups in total. The topological polar surface area (TPSA) is 49.4 Å². The lowest BCUT2D eigenvalue weighted by molar-refractivity contribution is -0.141. The third kappa shape index (κ3) is 5.84. The molecule has 6 aromatic rings. The van der Waals surface area contributed by atoms with Gasteiger partial charge in [-0.05, 0) is 12.1 Å². The summed E-state index contributed by atoms with van der Waals surface area (Å²) in [5, 5.41) is 0. The molecule has 266 valence electrons. The molecule has 0 aliphatic carbocycles. The second kappa shape index (κ2) is 13.2. The van der Waals surface area contributed by atoms with Crippen LogP contribution in [0.15, 0.2) is 190 Å². The Morgan fingerprint density at radius 1 is 0.296 bits per heavy atom. The second-order valence-electron chi connectivity index (χ2n) is 12.7. The Balaban J connectivity index is 1.62. The van der Waals surface area contributed by atoms with Gasteiger partial charge in [0.1, 0.15) is 0 Å². The SMILES string of the molecule is FC(F)(F)c1ccccc1C1(C2(c3ccccc3C(F)(F)F)N=C(c3ccccc3)C(c3ccccc3)=N2)N=C(c2ccccc2)C(c2ccccc2)=N1. The van der Waals surface area contributed by atoms with Gasteiger partial charge in [-0.1, -0.05) is 158 Å². The molecule has 0 saturated carbocycles.